The van der Waals surface area contributed by atoms with Gasteiger partial charge in [-0.1, -0.05) is 74.5 Å². The molecule has 3 aliphatic carbocycles. The van der Waals surface area contributed by atoms with Crippen molar-refractivity contribution >= 4 is 5.91 Å². The number of carbonyl (C=O) groups excluding carboxylic acids is 1. The summed E-state index contributed by atoms with van der Waals surface area (Å²) in [5.41, 5.74) is 2.65. The second-order valence-corrected chi connectivity index (χ2v) is 12.8. The molecule has 2 aromatic carbocycles. The van der Waals surface area contributed by atoms with E-state index < -0.39 is 5.60 Å². The van der Waals surface area contributed by atoms with Crippen molar-refractivity contribution in [1.29, 1.82) is 0 Å². The normalized spacial score (nSPS) is 38.3. The van der Waals surface area contributed by atoms with Gasteiger partial charge in [0.25, 0.3) is 0 Å². The van der Waals surface area contributed by atoms with Crippen LogP contribution >= 0.6 is 0 Å². The number of fused-ring (bicyclic) bond motifs is 5. The summed E-state index contributed by atoms with van der Waals surface area (Å²) in [4.78, 5) is 14.7. The van der Waals surface area contributed by atoms with E-state index in [0.29, 0.717) is 17.9 Å². The first-order valence-corrected chi connectivity index (χ1v) is 14.3. The van der Waals surface area contributed by atoms with Crippen LogP contribution in [0.25, 0.3) is 0 Å². The molecule has 7 atom stereocenters. The fraction of sp³-hybridized carbons (Fsp3) is 0.606. The van der Waals surface area contributed by atoms with Gasteiger partial charge in [-0.3, -0.25) is 4.79 Å². The second kappa shape index (κ2) is 8.72. The van der Waals surface area contributed by atoms with E-state index in [9.17, 15) is 4.79 Å². The van der Waals surface area contributed by atoms with Crippen LogP contribution in [0.5, 0.6) is 0 Å². The molecule has 0 bridgehead atoms. The highest BCUT2D eigenvalue weighted by molar-refractivity contribution is 5.77. The zero-order chi connectivity index (χ0) is 25.1. The summed E-state index contributed by atoms with van der Waals surface area (Å²) in [6.07, 6.45) is 9.29. The van der Waals surface area contributed by atoms with E-state index in [-0.39, 0.29) is 10.8 Å². The molecule has 2 aromatic rings. The summed E-state index contributed by atoms with van der Waals surface area (Å²) in [6, 6.07) is 22.4. The molecule has 192 valence electrons. The molecule has 6 rings (SSSR count). The molecular formula is C33H43NO2. The zero-order valence-corrected chi connectivity index (χ0v) is 22.6. The Balaban J connectivity index is 1.39. The van der Waals surface area contributed by atoms with Crippen molar-refractivity contribution in [3.05, 3.63) is 71.8 Å². The predicted molar refractivity (Wildman–Crippen MR) is 144 cm³/mol. The standard InChI is InChI=1S/C33H43NO2/c1-31-21-19-27-25(15-18-29-32(27,2)22-20-30(35)34(29)3)26(31)16-17-28(31)33(36-4,23-11-7-5-8-12-23)24-13-9-6-10-14-24/h5-14,25-29H,15-22H2,1-4H3/t25-,26-,27-,28?,29+,31-,32+/m0/s1. The summed E-state index contributed by atoms with van der Waals surface area (Å²) in [6.45, 7) is 5.13. The van der Waals surface area contributed by atoms with Crippen LogP contribution in [-0.4, -0.2) is 31.0 Å². The van der Waals surface area contributed by atoms with Crippen LogP contribution in [-0.2, 0) is 15.1 Å². The molecule has 1 amide bonds. The number of carbonyl (C=O) groups is 1. The molecule has 1 heterocycles. The first kappa shape index (κ1) is 24.2. The summed E-state index contributed by atoms with van der Waals surface area (Å²) in [5, 5.41) is 0. The van der Waals surface area contributed by atoms with Crippen molar-refractivity contribution in [3.63, 3.8) is 0 Å². The Morgan fingerprint density at radius 1 is 0.806 bits per heavy atom. The minimum atomic E-state index is -0.433. The average molecular weight is 486 g/mol. The number of amides is 1. The lowest BCUT2D eigenvalue weighted by Gasteiger charge is -2.62. The Labute approximate surface area is 217 Å². The highest BCUT2D eigenvalue weighted by atomic mass is 16.5. The fourth-order valence-electron chi connectivity index (χ4n) is 10.1. The Hall–Kier alpha value is -2.13. The molecule has 4 aliphatic rings. The van der Waals surface area contributed by atoms with Crippen LogP contribution in [0.2, 0.25) is 0 Å². The van der Waals surface area contributed by atoms with E-state index in [1.807, 2.05) is 7.11 Å². The molecule has 1 saturated heterocycles. The van der Waals surface area contributed by atoms with Gasteiger partial charge in [0.05, 0.1) is 0 Å². The highest BCUT2D eigenvalue weighted by Gasteiger charge is 2.64. The van der Waals surface area contributed by atoms with Crippen LogP contribution in [0, 0.1) is 34.5 Å². The van der Waals surface area contributed by atoms with E-state index >= 15 is 0 Å². The van der Waals surface area contributed by atoms with Crippen molar-refractivity contribution in [1.82, 2.24) is 4.90 Å². The quantitative estimate of drug-likeness (QED) is 0.464. The van der Waals surface area contributed by atoms with Gasteiger partial charge in [0.15, 0.2) is 0 Å². The SMILES string of the molecule is COC(c1ccccc1)(c1ccccc1)C1CC[C@H]2[C@@H]3CC[C@H]4N(C)C(=O)CC[C@]4(C)[C@H]3CC[C@]12C. The number of benzene rings is 2. The summed E-state index contributed by atoms with van der Waals surface area (Å²) in [5.74, 6) is 3.01. The maximum Gasteiger partial charge on any atom is 0.222 e. The number of ether oxygens (including phenoxy) is 1. The third kappa shape index (κ3) is 3.24. The summed E-state index contributed by atoms with van der Waals surface area (Å²) >= 11 is 0. The molecule has 1 unspecified atom stereocenters. The molecule has 0 spiro atoms. The summed E-state index contributed by atoms with van der Waals surface area (Å²) < 4.78 is 6.73. The van der Waals surface area contributed by atoms with Gasteiger partial charge >= 0.3 is 0 Å². The van der Waals surface area contributed by atoms with Gasteiger partial charge in [-0.25, -0.2) is 0 Å². The molecule has 0 aromatic heterocycles. The van der Waals surface area contributed by atoms with Crippen molar-refractivity contribution in [2.75, 3.05) is 14.2 Å². The lowest BCUT2D eigenvalue weighted by atomic mass is 9.46. The van der Waals surface area contributed by atoms with Crippen LogP contribution in [0.15, 0.2) is 60.7 Å². The zero-order valence-electron chi connectivity index (χ0n) is 22.6. The molecule has 0 radical (unpaired) electrons. The average Bonchev–Trinajstić information content (AvgIpc) is 3.26. The van der Waals surface area contributed by atoms with Crippen molar-refractivity contribution < 1.29 is 9.53 Å². The number of hydrogen-bond donors (Lipinski definition) is 0. The molecule has 0 N–H and O–H groups in total. The molecular weight excluding hydrogens is 442 g/mol. The summed E-state index contributed by atoms with van der Waals surface area (Å²) in [7, 11) is 4.00. The number of likely N-dealkylation sites (tertiary alicyclic amines) is 1. The molecule has 4 fully saturated rings. The largest absolute Gasteiger partial charge is 0.368 e. The molecule has 1 aliphatic heterocycles. The van der Waals surface area contributed by atoms with E-state index in [1.165, 1.54) is 49.7 Å². The smallest absolute Gasteiger partial charge is 0.222 e. The van der Waals surface area contributed by atoms with Crippen LogP contribution in [0.1, 0.15) is 76.3 Å². The van der Waals surface area contributed by atoms with Crippen molar-refractivity contribution in [2.45, 2.75) is 76.9 Å². The molecule has 3 saturated carbocycles. The van der Waals surface area contributed by atoms with Crippen LogP contribution in [0.3, 0.4) is 0 Å². The topological polar surface area (TPSA) is 29.5 Å². The van der Waals surface area contributed by atoms with Gasteiger partial charge in [0, 0.05) is 32.5 Å². The second-order valence-electron chi connectivity index (χ2n) is 12.8. The number of methoxy groups -OCH3 is 1. The monoisotopic (exact) mass is 485 g/mol. The Bertz CT molecular complexity index is 1060. The number of nitrogens with zero attached hydrogens (tertiary/aromatic N) is 1. The number of hydrogen-bond acceptors (Lipinski definition) is 2. The number of piperidine rings is 1. The Morgan fingerprint density at radius 3 is 2.03 bits per heavy atom. The van der Waals surface area contributed by atoms with Crippen LogP contribution in [0.4, 0.5) is 0 Å². The first-order valence-electron chi connectivity index (χ1n) is 14.3. The fourth-order valence-corrected chi connectivity index (χ4v) is 10.1. The maximum atomic E-state index is 12.6. The Kier molecular flexibility index (Phi) is 5.87. The third-order valence-corrected chi connectivity index (χ3v) is 11.8. The van der Waals surface area contributed by atoms with Crippen LogP contribution < -0.4 is 0 Å². The van der Waals surface area contributed by atoms with E-state index in [0.717, 1.165) is 30.6 Å². The Morgan fingerprint density at radius 2 is 1.42 bits per heavy atom. The molecule has 36 heavy (non-hydrogen) atoms. The van der Waals surface area contributed by atoms with E-state index in [2.05, 4.69) is 86.5 Å². The van der Waals surface area contributed by atoms with Crippen molar-refractivity contribution in [2.24, 2.45) is 34.5 Å². The van der Waals surface area contributed by atoms with Gasteiger partial charge in [-0.2, -0.15) is 0 Å². The lowest BCUT2D eigenvalue weighted by molar-refractivity contribution is -0.163. The van der Waals surface area contributed by atoms with E-state index in [4.69, 9.17) is 4.74 Å². The highest BCUT2D eigenvalue weighted by Crippen LogP contribution is 2.69. The van der Waals surface area contributed by atoms with Gasteiger partial charge in [0.1, 0.15) is 5.60 Å². The van der Waals surface area contributed by atoms with Gasteiger partial charge in [0.2, 0.25) is 5.91 Å². The molecule has 3 heteroatoms. The van der Waals surface area contributed by atoms with Gasteiger partial charge in [-0.15, -0.1) is 0 Å². The van der Waals surface area contributed by atoms with Gasteiger partial charge < -0.3 is 9.64 Å². The van der Waals surface area contributed by atoms with E-state index in [1.54, 1.807) is 0 Å². The first-order chi connectivity index (χ1) is 17.4. The van der Waals surface area contributed by atoms with Crippen molar-refractivity contribution in [3.8, 4) is 0 Å². The maximum absolute atomic E-state index is 12.6. The molecule has 3 nitrogen and oxygen atoms in total. The van der Waals surface area contributed by atoms with Gasteiger partial charge in [-0.05, 0) is 84.7 Å². The number of rotatable bonds is 4. The minimum Gasteiger partial charge on any atom is -0.368 e. The predicted octanol–water partition coefficient (Wildman–Crippen LogP) is 7.06. The minimum absolute atomic E-state index is 0.239. The lowest BCUT2D eigenvalue weighted by Crippen LogP contribution is -2.61. The third-order valence-electron chi connectivity index (χ3n) is 11.8.